The van der Waals surface area contributed by atoms with Crippen LogP contribution in [0.25, 0.3) is 10.8 Å². The maximum absolute atomic E-state index is 13.1. The van der Waals surface area contributed by atoms with Gasteiger partial charge < -0.3 is 15.0 Å². The summed E-state index contributed by atoms with van der Waals surface area (Å²) in [5.74, 6) is 0.978. The average Bonchev–Trinajstić information content (AvgIpc) is 3.52. The van der Waals surface area contributed by atoms with E-state index in [1.165, 1.54) is 0 Å². The molecular weight excluding hydrogens is 324 g/mol. The van der Waals surface area contributed by atoms with E-state index in [0.717, 1.165) is 46.2 Å². The van der Waals surface area contributed by atoms with Crippen molar-refractivity contribution >= 4 is 22.4 Å². The maximum Gasteiger partial charge on any atom is 0.258 e. The number of carbonyl (C=O) groups excluding carboxylic acids is 1. The van der Waals surface area contributed by atoms with Crippen LogP contribution in [0.4, 0.5) is 5.69 Å². The molecule has 1 saturated carbocycles. The fraction of sp³-hybridized carbons (Fsp3) is 0.227. The standard InChI is InChI=1S/C22H20N2O2/c1-26-18-11-8-14-12-16(7-6-15(14)13-18)21-23-20-5-3-2-4-19(20)22(25)24(21)17-9-10-17/h2-8,11-13,17,21,23H,9-10H2,1H3. The topological polar surface area (TPSA) is 41.6 Å². The van der Waals surface area contributed by atoms with Gasteiger partial charge in [0.1, 0.15) is 11.9 Å². The van der Waals surface area contributed by atoms with Gasteiger partial charge in [0.2, 0.25) is 0 Å². The van der Waals surface area contributed by atoms with Gasteiger partial charge in [0.15, 0.2) is 0 Å². The number of benzene rings is 3. The summed E-state index contributed by atoms with van der Waals surface area (Å²) in [6, 6.07) is 20.6. The minimum atomic E-state index is -0.128. The summed E-state index contributed by atoms with van der Waals surface area (Å²) < 4.78 is 5.31. The Morgan fingerprint density at radius 1 is 1.00 bits per heavy atom. The Balaban J connectivity index is 1.59. The summed E-state index contributed by atoms with van der Waals surface area (Å²) in [7, 11) is 1.68. The first-order chi connectivity index (χ1) is 12.7. The van der Waals surface area contributed by atoms with E-state index in [9.17, 15) is 4.79 Å². The van der Waals surface area contributed by atoms with E-state index >= 15 is 0 Å². The molecule has 1 unspecified atom stereocenters. The van der Waals surface area contributed by atoms with Gasteiger partial charge in [-0.3, -0.25) is 4.79 Å². The molecule has 1 aliphatic heterocycles. The lowest BCUT2D eigenvalue weighted by atomic mass is 10.0. The largest absolute Gasteiger partial charge is 0.497 e. The van der Waals surface area contributed by atoms with Crippen LogP contribution in [0, 0.1) is 0 Å². The zero-order valence-corrected chi connectivity index (χ0v) is 14.6. The van der Waals surface area contributed by atoms with Crippen LogP contribution >= 0.6 is 0 Å². The maximum atomic E-state index is 13.1. The molecule has 130 valence electrons. The molecule has 1 fully saturated rings. The molecule has 0 bridgehead atoms. The van der Waals surface area contributed by atoms with Crippen LogP contribution in [0.1, 0.15) is 34.9 Å². The molecule has 4 nitrogen and oxygen atoms in total. The summed E-state index contributed by atoms with van der Waals surface area (Å²) in [6.07, 6.45) is 2.03. The third-order valence-corrected chi connectivity index (χ3v) is 5.29. The first-order valence-corrected chi connectivity index (χ1v) is 9.00. The number of para-hydroxylation sites is 1. The van der Waals surface area contributed by atoms with Crippen LogP contribution in [0.3, 0.4) is 0 Å². The zero-order chi connectivity index (χ0) is 17.7. The zero-order valence-electron chi connectivity index (χ0n) is 14.6. The summed E-state index contributed by atoms with van der Waals surface area (Å²) >= 11 is 0. The molecule has 4 heteroatoms. The van der Waals surface area contributed by atoms with Crippen molar-refractivity contribution in [3.05, 3.63) is 71.8 Å². The highest BCUT2D eigenvalue weighted by Gasteiger charge is 2.41. The minimum Gasteiger partial charge on any atom is -0.497 e. The molecule has 1 heterocycles. The Morgan fingerprint density at radius 2 is 1.77 bits per heavy atom. The van der Waals surface area contributed by atoms with Crippen molar-refractivity contribution in [2.24, 2.45) is 0 Å². The predicted molar refractivity (Wildman–Crippen MR) is 102 cm³/mol. The summed E-state index contributed by atoms with van der Waals surface area (Å²) in [5, 5.41) is 5.86. The number of hydrogen-bond acceptors (Lipinski definition) is 3. The number of amides is 1. The minimum absolute atomic E-state index is 0.127. The van der Waals surface area contributed by atoms with Crippen molar-refractivity contribution in [2.75, 3.05) is 12.4 Å². The Hall–Kier alpha value is -3.01. The Kier molecular flexibility index (Phi) is 3.38. The SMILES string of the molecule is COc1ccc2cc(C3Nc4ccccc4C(=O)N3C3CC3)ccc2c1. The van der Waals surface area contributed by atoms with Gasteiger partial charge in [-0.25, -0.2) is 0 Å². The highest BCUT2D eigenvalue weighted by Crippen LogP contribution is 2.41. The average molecular weight is 344 g/mol. The van der Waals surface area contributed by atoms with Crippen molar-refractivity contribution in [1.29, 1.82) is 0 Å². The molecule has 5 rings (SSSR count). The fourth-order valence-electron chi connectivity index (χ4n) is 3.78. The van der Waals surface area contributed by atoms with Crippen molar-refractivity contribution in [3.8, 4) is 5.75 Å². The number of rotatable bonds is 3. The lowest BCUT2D eigenvalue weighted by Gasteiger charge is -2.38. The van der Waals surface area contributed by atoms with Crippen LogP contribution in [0.15, 0.2) is 60.7 Å². The fourth-order valence-corrected chi connectivity index (χ4v) is 3.78. The van der Waals surface area contributed by atoms with E-state index in [-0.39, 0.29) is 12.1 Å². The molecular formula is C22H20N2O2. The van der Waals surface area contributed by atoms with Gasteiger partial charge in [-0.15, -0.1) is 0 Å². The number of nitrogens with zero attached hydrogens (tertiary/aromatic N) is 1. The third-order valence-electron chi connectivity index (χ3n) is 5.29. The number of anilines is 1. The van der Waals surface area contributed by atoms with Crippen LogP contribution in [-0.4, -0.2) is 24.0 Å². The molecule has 1 aliphatic carbocycles. The van der Waals surface area contributed by atoms with Gasteiger partial charge >= 0.3 is 0 Å². The second-order valence-corrected chi connectivity index (χ2v) is 7.01. The summed E-state index contributed by atoms with van der Waals surface area (Å²) in [6.45, 7) is 0. The van der Waals surface area contributed by atoms with Crippen LogP contribution in [0.2, 0.25) is 0 Å². The van der Waals surface area contributed by atoms with Crippen molar-refractivity contribution < 1.29 is 9.53 Å². The van der Waals surface area contributed by atoms with E-state index in [1.54, 1.807) is 7.11 Å². The molecule has 3 aromatic rings. The number of nitrogens with one attached hydrogen (secondary N) is 1. The molecule has 2 aliphatic rings. The Bertz CT molecular complexity index is 1010. The van der Waals surface area contributed by atoms with E-state index in [4.69, 9.17) is 4.74 Å². The number of fused-ring (bicyclic) bond motifs is 2. The van der Waals surface area contributed by atoms with E-state index in [2.05, 4.69) is 29.6 Å². The van der Waals surface area contributed by atoms with Gasteiger partial charge in [0, 0.05) is 11.7 Å². The molecule has 0 saturated heterocycles. The van der Waals surface area contributed by atoms with Crippen LogP contribution in [-0.2, 0) is 0 Å². The van der Waals surface area contributed by atoms with Gasteiger partial charge in [0.25, 0.3) is 5.91 Å². The van der Waals surface area contributed by atoms with Gasteiger partial charge in [-0.2, -0.15) is 0 Å². The molecule has 0 aromatic heterocycles. The normalized spacial score (nSPS) is 19.2. The molecule has 0 radical (unpaired) electrons. The van der Waals surface area contributed by atoms with Crippen LogP contribution in [0.5, 0.6) is 5.75 Å². The first kappa shape index (κ1) is 15.3. The van der Waals surface area contributed by atoms with Gasteiger partial charge in [0.05, 0.1) is 12.7 Å². The Morgan fingerprint density at radius 3 is 2.58 bits per heavy atom. The first-order valence-electron chi connectivity index (χ1n) is 9.00. The molecule has 1 atom stereocenters. The highest BCUT2D eigenvalue weighted by molar-refractivity contribution is 6.02. The number of carbonyl (C=O) groups is 1. The number of hydrogen-bond donors (Lipinski definition) is 1. The molecule has 1 amide bonds. The number of methoxy groups -OCH3 is 1. The van der Waals surface area contributed by atoms with Crippen molar-refractivity contribution in [2.45, 2.75) is 25.0 Å². The summed E-state index contributed by atoms with van der Waals surface area (Å²) in [5.41, 5.74) is 2.79. The molecule has 1 N–H and O–H groups in total. The lowest BCUT2D eigenvalue weighted by molar-refractivity contribution is 0.0666. The predicted octanol–water partition coefficient (Wildman–Crippen LogP) is 4.58. The smallest absolute Gasteiger partial charge is 0.258 e. The van der Waals surface area contributed by atoms with E-state index in [0.29, 0.717) is 6.04 Å². The third kappa shape index (κ3) is 2.41. The second kappa shape index (κ2) is 5.77. The number of ether oxygens (including phenoxy) is 1. The van der Waals surface area contributed by atoms with Gasteiger partial charge in [-0.1, -0.05) is 30.3 Å². The van der Waals surface area contributed by atoms with Crippen molar-refractivity contribution in [3.63, 3.8) is 0 Å². The monoisotopic (exact) mass is 344 g/mol. The lowest BCUT2D eigenvalue weighted by Crippen LogP contribution is -2.44. The van der Waals surface area contributed by atoms with E-state index in [1.807, 2.05) is 41.3 Å². The quantitative estimate of drug-likeness (QED) is 0.756. The van der Waals surface area contributed by atoms with Crippen LogP contribution < -0.4 is 10.1 Å². The second-order valence-electron chi connectivity index (χ2n) is 7.01. The molecule has 3 aromatic carbocycles. The summed E-state index contributed by atoms with van der Waals surface area (Å²) in [4.78, 5) is 15.1. The molecule has 26 heavy (non-hydrogen) atoms. The van der Waals surface area contributed by atoms with E-state index < -0.39 is 0 Å². The van der Waals surface area contributed by atoms with Crippen molar-refractivity contribution in [1.82, 2.24) is 4.90 Å². The highest BCUT2D eigenvalue weighted by atomic mass is 16.5. The Labute approximate surface area is 152 Å². The molecule has 0 spiro atoms. The van der Waals surface area contributed by atoms with Gasteiger partial charge in [-0.05, 0) is 59.5 Å².